The Hall–Kier alpha value is -1.35. The van der Waals surface area contributed by atoms with Crippen LogP contribution in [0.15, 0.2) is 18.2 Å². The zero-order valence-corrected chi connectivity index (χ0v) is 11.8. The Kier molecular flexibility index (Phi) is 4.52. The van der Waals surface area contributed by atoms with Crippen LogP contribution in [0.4, 0.5) is 0 Å². The first-order valence-electron chi connectivity index (χ1n) is 6.22. The highest BCUT2D eigenvalue weighted by atomic mass is 16.5. The Morgan fingerprint density at radius 1 is 1.44 bits per heavy atom. The molecule has 0 aliphatic heterocycles. The number of ether oxygens (including phenoxy) is 1. The SMILES string of the molecule is CCC(C(=O)OC)C(C)(O)c1ccc(C)cc1C. The average Bonchev–Trinajstić information content (AvgIpc) is 2.28. The second-order valence-electron chi connectivity index (χ2n) is 4.95. The summed E-state index contributed by atoms with van der Waals surface area (Å²) in [4.78, 5) is 11.8. The molecule has 0 aromatic heterocycles. The van der Waals surface area contributed by atoms with E-state index in [2.05, 4.69) is 0 Å². The van der Waals surface area contributed by atoms with E-state index in [4.69, 9.17) is 4.74 Å². The van der Waals surface area contributed by atoms with E-state index in [0.717, 1.165) is 16.7 Å². The summed E-state index contributed by atoms with van der Waals surface area (Å²) in [5.41, 5.74) is 1.70. The number of hydrogen-bond donors (Lipinski definition) is 1. The molecular weight excluding hydrogens is 228 g/mol. The van der Waals surface area contributed by atoms with Crippen molar-refractivity contribution in [1.29, 1.82) is 0 Å². The van der Waals surface area contributed by atoms with Gasteiger partial charge in [-0.3, -0.25) is 4.79 Å². The first kappa shape index (κ1) is 14.7. The summed E-state index contributed by atoms with van der Waals surface area (Å²) in [5.74, 6) is -0.925. The lowest BCUT2D eigenvalue weighted by Gasteiger charge is -2.32. The van der Waals surface area contributed by atoms with Crippen LogP contribution in [0, 0.1) is 19.8 Å². The normalized spacial score (nSPS) is 15.9. The van der Waals surface area contributed by atoms with Gasteiger partial charge in [0.05, 0.1) is 13.0 Å². The second-order valence-corrected chi connectivity index (χ2v) is 4.95. The van der Waals surface area contributed by atoms with Crippen molar-refractivity contribution in [2.45, 2.75) is 39.7 Å². The van der Waals surface area contributed by atoms with Crippen LogP contribution in [-0.2, 0) is 15.1 Å². The number of carbonyl (C=O) groups is 1. The fourth-order valence-electron chi connectivity index (χ4n) is 2.51. The Balaban J connectivity index is 3.22. The van der Waals surface area contributed by atoms with Crippen molar-refractivity contribution in [3.63, 3.8) is 0 Å². The molecule has 0 spiro atoms. The Labute approximate surface area is 109 Å². The highest BCUT2D eigenvalue weighted by Gasteiger charge is 2.39. The first-order valence-corrected chi connectivity index (χ1v) is 6.22. The molecule has 0 saturated carbocycles. The molecule has 3 nitrogen and oxygen atoms in total. The van der Waals surface area contributed by atoms with Gasteiger partial charge in [0.25, 0.3) is 0 Å². The molecule has 0 radical (unpaired) electrons. The van der Waals surface area contributed by atoms with Gasteiger partial charge in [-0.1, -0.05) is 30.7 Å². The first-order chi connectivity index (χ1) is 8.34. The molecule has 2 atom stereocenters. The molecule has 0 fully saturated rings. The van der Waals surface area contributed by atoms with Crippen LogP contribution in [0.5, 0.6) is 0 Å². The standard InChI is InChI=1S/C15H22O3/c1-6-12(14(16)18-5)15(4,17)13-8-7-10(2)9-11(13)3/h7-9,12,17H,6H2,1-5H3. The van der Waals surface area contributed by atoms with E-state index in [1.165, 1.54) is 7.11 Å². The zero-order valence-electron chi connectivity index (χ0n) is 11.8. The van der Waals surface area contributed by atoms with Crippen LogP contribution in [-0.4, -0.2) is 18.2 Å². The Bertz CT molecular complexity index is 435. The lowest BCUT2D eigenvalue weighted by Crippen LogP contribution is -2.38. The summed E-state index contributed by atoms with van der Waals surface area (Å²) < 4.78 is 4.78. The molecule has 3 heteroatoms. The number of hydrogen-bond acceptors (Lipinski definition) is 3. The van der Waals surface area contributed by atoms with Gasteiger partial charge in [-0.05, 0) is 38.3 Å². The molecule has 0 saturated heterocycles. The summed E-state index contributed by atoms with van der Waals surface area (Å²) in [6, 6.07) is 5.84. The van der Waals surface area contributed by atoms with E-state index >= 15 is 0 Å². The minimum absolute atomic E-state index is 0.373. The van der Waals surface area contributed by atoms with E-state index in [1.807, 2.05) is 39.0 Å². The topological polar surface area (TPSA) is 46.5 Å². The number of methoxy groups -OCH3 is 1. The van der Waals surface area contributed by atoms with Gasteiger partial charge in [0, 0.05) is 0 Å². The van der Waals surface area contributed by atoms with Crippen molar-refractivity contribution >= 4 is 5.97 Å². The lowest BCUT2D eigenvalue weighted by atomic mass is 9.79. The predicted molar refractivity (Wildman–Crippen MR) is 71.3 cm³/mol. The Morgan fingerprint density at radius 2 is 2.06 bits per heavy atom. The summed E-state index contributed by atoms with van der Waals surface area (Å²) in [7, 11) is 1.35. The average molecular weight is 250 g/mol. The minimum atomic E-state index is -1.21. The number of rotatable bonds is 4. The third-order valence-corrected chi connectivity index (χ3v) is 3.50. The fourth-order valence-corrected chi connectivity index (χ4v) is 2.51. The molecule has 0 amide bonds. The highest BCUT2D eigenvalue weighted by molar-refractivity contribution is 5.74. The van der Waals surface area contributed by atoms with Crippen molar-refractivity contribution in [3.8, 4) is 0 Å². The molecule has 2 unspecified atom stereocenters. The largest absolute Gasteiger partial charge is 0.469 e. The molecule has 0 bridgehead atoms. The third kappa shape index (κ3) is 2.72. The maximum atomic E-state index is 11.8. The van der Waals surface area contributed by atoms with Gasteiger partial charge in [0.1, 0.15) is 5.60 Å². The van der Waals surface area contributed by atoms with Crippen LogP contribution in [0.25, 0.3) is 0 Å². The van der Waals surface area contributed by atoms with Gasteiger partial charge in [-0.25, -0.2) is 0 Å². The monoisotopic (exact) mass is 250 g/mol. The molecule has 18 heavy (non-hydrogen) atoms. The number of esters is 1. The highest BCUT2D eigenvalue weighted by Crippen LogP contribution is 2.34. The predicted octanol–water partition coefficient (Wildman–Crippen LogP) is 2.71. The van der Waals surface area contributed by atoms with E-state index in [-0.39, 0.29) is 5.97 Å². The van der Waals surface area contributed by atoms with Gasteiger partial charge in [0.2, 0.25) is 0 Å². The molecule has 1 aromatic rings. The van der Waals surface area contributed by atoms with Crippen LogP contribution in [0.3, 0.4) is 0 Å². The minimum Gasteiger partial charge on any atom is -0.469 e. The number of benzene rings is 1. The Morgan fingerprint density at radius 3 is 2.50 bits per heavy atom. The fraction of sp³-hybridized carbons (Fsp3) is 0.533. The summed E-state index contributed by atoms with van der Waals surface area (Å²) in [6.45, 7) is 7.50. The van der Waals surface area contributed by atoms with Gasteiger partial charge >= 0.3 is 5.97 Å². The molecule has 0 heterocycles. The van der Waals surface area contributed by atoms with Crippen LogP contribution in [0.1, 0.15) is 37.0 Å². The van der Waals surface area contributed by atoms with E-state index in [9.17, 15) is 9.90 Å². The molecular formula is C15H22O3. The molecule has 100 valence electrons. The zero-order chi connectivity index (χ0) is 13.9. The van der Waals surface area contributed by atoms with Crippen molar-refractivity contribution in [2.75, 3.05) is 7.11 Å². The molecule has 0 aliphatic rings. The smallest absolute Gasteiger partial charge is 0.311 e. The van der Waals surface area contributed by atoms with Crippen molar-refractivity contribution in [1.82, 2.24) is 0 Å². The van der Waals surface area contributed by atoms with Crippen molar-refractivity contribution in [2.24, 2.45) is 5.92 Å². The summed E-state index contributed by atoms with van der Waals surface area (Å²) in [5, 5.41) is 10.7. The maximum absolute atomic E-state index is 11.8. The van der Waals surface area contributed by atoms with E-state index in [1.54, 1.807) is 6.92 Å². The van der Waals surface area contributed by atoms with Gasteiger partial charge in [0.15, 0.2) is 0 Å². The summed E-state index contributed by atoms with van der Waals surface area (Å²) in [6.07, 6.45) is 0.535. The number of aliphatic hydroxyl groups is 1. The number of carbonyl (C=O) groups excluding carboxylic acids is 1. The molecule has 1 rings (SSSR count). The summed E-state index contributed by atoms with van der Waals surface area (Å²) >= 11 is 0. The van der Waals surface area contributed by atoms with Gasteiger partial charge in [-0.15, -0.1) is 0 Å². The number of aryl methyl sites for hydroxylation is 2. The van der Waals surface area contributed by atoms with Crippen LogP contribution < -0.4 is 0 Å². The van der Waals surface area contributed by atoms with Crippen LogP contribution >= 0.6 is 0 Å². The van der Waals surface area contributed by atoms with Gasteiger partial charge in [-0.2, -0.15) is 0 Å². The van der Waals surface area contributed by atoms with Crippen LogP contribution in [0.2, 0.25) is 0 Å². The molecule has 1 N–H and O–H groups in total. The lowest BCUT2D eigenvalue weighted by molar-refractivity contribution is -0.155. The third-order valence-electron chi connectivity index (χ3n) is 3.50. The van der Waals surface area contributed by atoms with Crippen molar-refractivity contribution in [3.05, 3.63) is 34.9 Å². The second kappa shape index (κ2) is 5.53. The van der Waals surface area contributed by atoms with Gasteiger partial charge < -0.3 is 9.84 Å². The molecule has 0 aliphatic carbocycles. The van der Waals surface area contributed by atoms with Crippen molar-refractivity contribution < 1.29 is 14.6 Å². The quantitative estimate of drug-likeness (QED) is 0.836. The molecule has 1 aromatic carbocycles. The maximum Gasteiger partial charge on any atom is 0.311 e. The van der Waals surface area contributed by atoms with E-state index < -0.39 is 11.5 Å². The van der Waals surface area contributed by atoms with E-state index in [0.29, 0.717) is 6.42 Å².